The van der Waals surface area contributed by atoms with Crippen LogP contribution < -0.4 is 0 Å². The van der Waals surface area contributed by atoms with Crippen molar-refractivity contribution in [3.63, 3.8) is 0 Å². The SMILES string of the molecule is Cc1nc(C)c(Cn2cc(CCN3CCSCC3)nn2)s1. The first-order valence-corrected chi connectivity index (χ1v) is 9.30. The molecule has 0 spiro atoms. The number of aryl methyl sites for hydroxylation is 2. The predicted octanol–water partition coefficient (Wildman–Crippen LogP) is 1.99. The van der Waals surface area contributed by atoms with Gasteiger partial charge in [0.2, 0.25) is 0 Å². The second-order valence-corrected chi connectivity index (χ2v) is 7.87. The Balaban J connectivity index is 1.54. The van der Waals surface area contributed by atoms with Gasteiger partial charge in [0, 0.05) is 48.6 Å². The van der Waals surface area contributed by atoms with Crippen molar-refractivity contribution in [2.24, 2.45) is 0 Å². The van der Waals surface area contributed by atoms with E-state index >= 15 is 0 Å². The van der Waals surface area contributed by atoms with Crippen molar-refractivity contribution >= 4 is 23.1 Å². The molecule has 1 saturated heterocycles. The zero-order chi connectivity index (χ0) is 14.7. The van der Waals surface area contributed by atoms with Crippen molar-refractivity contribution in [2.75, 3.05) is 31.1 Å². The fraction of sp³-hybridized carbons (Fsp3) is 0.643. The van der Waals surface area contributed by atoms with Crippen molar-refractivity contribution in [1.82, 2.24) is 24.9 Å². The zero-order valence-corrected chi connectivity index (χ0v) is 14.2. The van der Waals surface area contributed by atoms with Crippen molar-refractivity contribution in [3.05, 3.63) is 27.5 Å². The van der Waals surface area contributed by atoms with E-state index in [1.165, 1.54) is 29.5 Å². The summed E-state index contributed by atoms with van der Waals surface area (Å²) in [6.07, 6.45) is 3.07. The number of thiazole rings is 1. The minimum atomic E-state index is 0.782. The van der Waals surface area contributed by atoms with Crippen LogP contribution >= 0.6 is 23.1 Å². The Bertz CT molecular complexity index is 586. The molecule has 0 bridgehead atoms. The summed E-state index contributed by atoms with van der Waals surface area (Å²) in [5.74, 6) is 2.52. The van der Waals surface area contributed by atoms with Crippen LogP contribution in [0.5, 0.6) is 0 Å². The van der Waals surface area contributed by atoms with Gasteiger partial charge in [-0.1, -0.05) is 5.21 Å². The number of thioether (sulfide) groups is 1. The summed E-state index contributed by atoms with van der Waals surface area (Å²) in [4.78, 5) is 8.25. The molecule has 1 aliphatic heterocycles. The number of nitrogens with zero attached hydrogens (tertiary/aromatic N) is 5. The van der Waals surface area contributed by atoms with E-state index in [4.69, 9.17) is 0 Å². The highest BCUT2D eigenvalue weighted by Crippen LogP contribution is 2.18. The van der Waals surface area contributed by atoms with Gasteiger partial charge in [0.25, 0.3) is 0 Å². The maximum absolute atomic E-state index is 4.46. The smallest absolute Gasteiger partial charge is 0.0900 e. The fourth-order valence-corrected chi connectivity index (χ4v) is 4.40. The molecule has 3 heterocycles. The van der Waals surface area contributed by atoms with Gasteiger partial charge in [0.05, 0.1) is 22.9 Å². The first kappa shape index (κ1) is 15.0. The van der Waals surface area contributed by atoms with Gasteiger partial charge in [-0.05, 0) is 13.8 Å². The Morgan fingerprint density at radius 2 is 2.05 bits per heavy atom. The summed E-state index contributed by atoms with van der Waals surface area (Å²) in [6, 6.07) is 0. The van der Waals surface area contributed by atoms with Crippen molar-refractivity contribution in [2.45, 2.75) is 26.8 Å². The lowest BCUT2D eigenvalue weighted by atomic mass is 10.3. The van der Waals surface area contributed by atoms with Crippen LogP contribution in [0, 0.1) is 13.8 Å². The van der Waals surface area contributed by atoms with Crippen molar-refractivity contribution in [3.8, 4) is 0 Å². The molecule has 3 rings (SSSR count). The molecule has 0 aliphatic carbocycles. The Morgan fingerprint density at radius 3 is 2.76 bits per heavy atom. The lowest BCUT2D eigenvalue weighted by Gasteiger charge is -2.25. The number of hydrogen-bond donors (Lipinski definition) is 0. The second kappa shape index (κ2) is 6.89. The molecule has 0 saturated carbocycles. The third-order valence-electron chi connectivity index (χ3n) is 3.68. The second-order valence-electron chi connectivity index (χ2n) is 5.35. The zero-order valence-electron chi connectivity index (χ0n) is 12.6. The van der Waals surface area contributed by atoms with E-state index in [2.05, 4.69) is 45.1 Å². The predicted molar refractivity (Wildman–Crippen MR) is 88.2 cm³/mol. The molecule has 21 heavy (non-hydrogen) atoms. The molecule has 2 aromatic rings. The molecule has 0 aromatic carbocycles. The summed E-state index contributed by atoms with van der Waals surface area (Å²) in [5.41, 5.74) is 2.20. The maximum atomic E-state index is 4.46. The monoisotopic (exact) mass is 323 g/mol. The van der Waals surface area contributed by atoms with Gasteiger partial charge in [0.15, 0.2) is 0 Å². The average molecular weight is 323 g/mol. The number of aromatic nitrogens is 4. The Kier molecular flexibility index (Phi) is 4.92. The summed E-state index contributed by atoms with van der Waals surface area (Å²) in [5, 5.41) is 9.66. The highest BCUT2D eigenvalue weighted by atomic mass is 32.2. The third kappa shape index (κ3) is 4.05. The van der Waals surface area contributed by atoms with Crippen LogP contribution in [-0.4, -0.2) is 56.0 Å². The molecule has 1 aliphatic rings. The molecule has 7 heteroatoms. The Hall–Kier alpha value is -0.920. The van der Waals surface area contributed by atoms with E-state index in [-0.39, 0.29) is 0 Å². The third-order valence-corrected chi connectivity index (χ3v) is 5.68. The lowest BCUT2D eigenvalue weighted by molar-refractivity contribution is 0.305. The van der Waals surface area contributed by atoms with Crippen LogP contribution in [0.1, 0.15) is 21.3 Å². The summed E-state index contributed by atoms with van der Waals surface area (Å²) >= 11 is 3.79. The molecular formula is C14H21N5S2. The fourth-order valence-electron chi connectivity index (χ4n) is 2.50. The van der Waals surface area contributed by atoms with E-state index in [9.17, 15) is 0 Å². The van der Waals surface area contributed by atoms with Gasteiger partial charge in [-0.15, -0.1) is 16.4 Å². The van der Waals surface area contributed by atoms with Crippen LogP contribution in [0.3, 0.4) is 0 Å². The summed E-state index contributed by atoms with van der Waals surface area (Å²) in [6.45, 7) is 8.40. The molecule has 0 amide bonds. The standard InChI is InChI=1S/C14H21N5S2/c1-11-14(21-12(2)15-11)10-19-9-13(16-17-19)3-4-18-5-7-20-8-6-18/h9H,3-8,10H2,1-2H3. The van der Waals surface area contributed by atoms with Gasteiger partial charge in [0.1, 0.15) is 0 Å². The van der Waals surface area contributed by atoms with Gasteiger partial charge < -0.3 is 4.90 Å². The average Bonchev–Trinajstić information content (AvgIpc) is 3.05. The van der Waals surface area contributed by atoms with E-state index in [1.54, 1.807) is 11.3 Å². The Morgan fingerprint density at radius 1 is 1.24 bits per heavy atom. The molecule has 0 atom stereocenters. The van der Waals surface area contributed by atoms with E-state index in [1.807, 2.05) is 11.6 Å². The Labute approximate surface area is 133 Å². The highest BCUT2D eigenvalue weighted by molar-refractivity contribution is 7.99. The van der Waals surface area contributed by atoms with E-state index in [0.29, 0.717) is 0 Å². The highest BCUT2D eigenvalue weighted by Gasteiger charge is 2.12. The minimum absolute atomic E-state index is 0.782. The summed E-state index contributed by atoms with van der Waals surface area (Å²) in [7, 11) is 0. The lowest BCUT2D eigenvalue weighted by Crippen LogP contribution is -2.34. The van der Waals surface area contributed by atoms with Crippen LogP contribution in [0.4, 0.5) is 0 Å². The van der Waals surface area contributed by atoms with Crippen LogP contribution in [0.25, 0.3) is 0 Å². The van der Waals surface area contributed by atoms with E-state index in [0.717, 1.165) is 35.9 Å². The van der Waals surface area contributed by atoms with Crippen molar-refractivity contribution in [1.29, 1.82) is 0 Å². The van der Waals surface area contributed by atoms with E-state index < -0.39 is 0 Å². The van der Waals surface area contributed by atoms with Gasteiger partial charge >= 0.3 is 0 Å². The molecule has 114 valence electrons. The first-order valence-electron chi connectivity index (χ1n) is 7.33. The molecule has 0 N–H and O–H groups in total. The van der Waals surface area contributed by atoms with Gasteiger partial charge in [-0.2, -0.15) is 11.8 Å². The van der Waals surface area contributed by atoms with Crippen LogP contribution in [0.2, 0.25) is 0 Å². The molecule has 0 unspecified atom stereocenters. The minimum Gasteiger partial charge on any atom is -0.301 e. The normalized spacial score (nSPS) is 16.5. The maximum Gasteiger partial charge on any atom is 0.0900 e. The number of rotatable bonds is 5. The van der Waals surface area contributed by atoms with Gasteiger partial charge in [-0.25, -0.2) is 9.67 Å². The molecular weight excluding hydrogens is 302 g/mol. The quantitative estimate of drug-likeness (QED) is 0.842. The number of hydrogen-bond acceptors (Lipinski definition) is 6. The van der Waals surface area contributed by atoms with Crippen molar-refractivity contribution < 1.29 is 0 Å². The van der Waals surface area contributed by atoms with Crippen LogP contribution in [-0.2, 0) is 13.0 Å². The van der Waals surface area contributed by atoms with Gasteiger partial charge in [-0.3, -0.25) is 0 Å². The first-order chi connectivity index (χ1) is 10.2. The molecule has 1 fully saturated rings. The largest absolute Gasteiger partial charge is 0.301 e. The van der Waals surface area contributed by atoms with Crippen LogP contribution in [0.15, 0.2) is 6.20 Å². The molecule has 5 nitrogen and oxygen atoms in total. The molecule has 2 aromatic heterocycles. The summed E-state index contributed by atoms with van der Waals surface area (Å²) < 4.78 is 1.93. The topological polar surface area (TPSA) is 46.8 Å². The molecule has 0 radical (unpaired) electrons.